The summed E-state index contributed by atoms with van der Waals surface area (Å²) in [4.78, 5) is 26.2. The number of aromatic nitrogens is 2. The maximum Gasteiger partial charge on any atom is 0.416 e. The van der Waals surface area contributed by atoms with Crippen molar-refractivity contribution in [2.75, 3.05) is 24.7 Å². The summed E-state index contributed by atoms with van der Waals surface area (Å²) < 4.78 is 24.6. The second kappa shape index (κ2) is 8.84. The van der Waals surface area contributed by atoms with Gasteiger partial charge in [0, 0.05) is 23.2 Å². The van der Waals surface area contributed by atoms with Gasteiger partial charge in [0.1, 0.15) is 12.1 Å². The van der Waals surface area contributed by atoms with Gasteiger partial charge in [-0.1, -0.05) is 11.6 Å². The first-order valence-corrected chi connectivity index (χ1v) is 10.6. The average Bonchev–Trinajstić information content (AvgIpc) is 3.17. The fourth-order valence-electron chi connectivity index (χ4n) is 3.00. The van der Waals surface area contributed by atoms with Crippen LogP contribution in [0.1, 0.15) is 33.6 Å². The zero-order valence-electron chi connectivity index (χ0n) is 16.9. The summed E-state index contributed by atoms with van der Waals surface area (Å²) in [6.07, 6.45) is 1.64. The normalized spacial score (nSPS) is 16.0. The van der Waals surface area contributed by atoms with Crippen LogP contribution >= 0.6 is 22.9 Å². The molecule has 2 aromatic heterocycles. The summed E-state index contributed by atoms with van der Waals surface area (Å²) in [5.41, 5.74) is -0.699. The Bertz CT molecular complexity index is 964. The lowest BCUT2D eigenvalue weighted by molar-refractivity contribution is 0.0510. The third-order valence-electron chi connectivity index (χ3n) is 4.55. The van der Waals surface area contributed by atoms with Crippen LogP contribution in [0.15, 0.2) is 17.6 Å². The van der Waals surface area contributed by atoms with E-state index in [1.54, 1.807) is 26.2 Å². The van der Waals surface area contributed by atoms with Gasteiger partial charge in [0.05, 0.1) is 36.8 Å². The molecule has 0 aliphatic carbocycles. The zero-order chi connectivity index (χ0) is 21.9. The molecule has 0 N–H and O–H groups in total. The number of hydrogen-bond donors (Lipinski definition) is 0. The fourth-order valence-corrected chi connectivity index (χ4v) is 4.01. The number of hydrogen-bond acceptors (Lipinski definition) is 6. The van der Waals surface area contributed by atoms with Crippen molar-refractivity contribution in [3.05, 3.63) is 40.0 Å². The van der Waals surface area contributed by atoms with Gasteiger partial charge in [0.15, 0.2) is 5.13 Å². The Labute approximate surface area is 183 Å². The smallest absolute Gasteiger partial charge is 0.416 e. The maximum absolute atomic E-state index is 13.6. The number of halogens is 2. The number of amides is 1. The standard InChI is InChI=1S/C20H22ClFN4O3S/c1-19(2,3)29-18(27)26(12-20(23-4)5-7-28-8-6-20)17-25-15(11-30-17)13-9-16(22)24-10-14(13)21/h9-11H,5-8,12H2,1-3H3. The monoisotopic (exact) mass is 452 g/mol. The second-order valence-electron chi connectivity index (χ2n) is 8.02. The number of carbonyl (C=O) groups is 1. The number of ether oxygens (including phenoxy) is 2. The summed E-state index contributed by atoms with van der Waals surface area (Å²) in [5, 5.41) is 2.28. The van der Waals surface area contributed by atoms with Gasteiger partial charge in [-0.05, 0) is 20.8 Å². The Morgan fingerprint density at radius 2 is 2.17 bits per heavy atom. The first-order chi connectivity index (χ1) is 14.1. The van der Waals surface area contributed by atoms with Gasteiger partial charge < -0.3 is 14.3 Å². The van der Waals surface area contributed by atoms with Gasteiger partial charge >= 0.3 is 6.09 Å². The quantitative estimate of drug-likeness (QED) is 0.470. The molecule has 2 aromatic rings. The van der Waals surface area contributed by atoms with Crippen molar-refractivity contribution < 1.29 is 18.7 Å². The molecule has 0 bridgehead atoms. The van der Waals surface area contributed by atoms with Crippen LogP contribution in [0.2, 0.25) is 5.02 Å². The lowest BCUT2D eigenvalue weighted by atomic mass is 9.90. The molecule has 1 fully saturated rings. The number of anilines is 1. The van der Waals surface area contributed by atoms with Crippen molar-refractivity contribution in [2.45, 2.75) is 44.8 Å². The molecule has 0 unspecified atom stereocenters. The molecule has 0 saturated carbocycles. The number of pyridine rings is 1. The highest BCUT2D eigenvalue weighted by atomic mass is 35.5. The van der Waals surface area contributed by atoms with Crippen molar-refractivity contribution in [1.82, 2.24) is 9.97 Å². The van der Waals surface area contributed by atoms with Crippen molar-refractivity contribution >= 4 is 34.2 Å². The minimum absolute atomic E-state index is 0.125. The van der Waals surface area contributed by atoms with E-state index in [9.17, 15) is 9.18 Å². The van der Waals surface area contributed by atoms with E-state index in [-0.39, 0.29) is 11.6 Å². The van der Waals surface area contributed by atoms with Crippen LogP contribution < -0.4 is 4.90 Å². The summed E-state index contributed by atoms with van der Waals surface area (Å²) in [6, 6.07) is 1.19. The molecule has 1 amide bonds. The van der Waals surface area contributed by atoms with E-state index in [2.05, 4.69) is 14.8 Å². The Morgan fingerprint density at radius 1 is 1.47 bits per heavy atom. The number of carbonyl (C=O) groups excluding carboxylic acids is 1. The maximum atomic E-state index is 13.6. The van der Waals surface area contributed by atoms with E-state index in [1.165, 1.54) is 28.5 Å². The van der Waals surface area contributed by atoms with Crippen molar-refractivity contribution in [3.63, 3.8) is 0 Å². The largest absolute Gasteiger partial charge is 0.443 e. The molecular formula is C20H22ClFN4O3S. The molecule has 1 aliphatic rings. The highest BCUT2D eigenvalue weighted by Gasteiger charge is 2.44. The van der Waals surface area contributed by atoms with Crippen molar-refractivity contribution in [3.8, 4) is 11.3 Å². The summed E-state index contributed by atoms with van der Waals surface area (Å²) >= 11 is 7.34. The molecule has 0 atom stereocenters. The van der Waals surface area contributed by atoms with Gasteiger partial charge in [-0.25, -0.2) is 26.2 Å². The van der Waals surface area contributed by atoms with E-state index in [0.29, 0.717) is 42.4 Å². The van der Waals surface area contributed by atoms with Crippen molar-refractivity contribution in [1.29, 1.82) is 0 Å². The summed E-state index contributed by atoms with van der Waals surface area (Å²) in [7, 11) is 0. The topological polar surface area (TPSA) is 68.9 Å². The fraction of sp³-hybridized carbons (Fsp3) is 0.500. The third kappa shape index (κ3) is 5.25. The van der Waals surface area contributed by atoms with Crippen LogP contribution in [-0.2, 0) is 9.47 Å². The molecule has 0 radical (unpaired) electrons. The highest BCUT2D eigenvalue weighted by molar-refractivity contribution is 7.14. The van der Waals surface area contributed by atoms with Crippen molar-refractivity contribution in [2.24, 2.45) is 0 Å². The Hall–Kier alpha value is -2.28. The van der Waals surface area contributed by atoms with E-state index < -0.39 is 23.2 Å². The number of thiazole rings is 1. The predicted molar refractivity (Wildman–Crippen MR) is 113 cm³/mol. The van der Waals surface area contributed by atoms with E-state index in [0.717, 1.165) is 0 Å². The zero-order valence-corrected chi connectivity index (χ0v) is 18.5. The highest BCUT2D eigenvalue weighted by Crippen LogP contribution is 2.35. The Morgan fingerprint density at radius 3 is 2.80 bits per heavy atom. The Kier molecular flexibility index (Phi) is 6.60. The van der Waals surface area contributed by atoms with Gasteiger partial charge in [-0.3, -0.25) is 0 Å². The first kappa shape index (κ1) is 22.4. The molecule has 0 spiro atoms. The van der Waals surface area contributed by atoms with Crippen LogP contribution in [0.4, 0.5) is 14.3 Å². The molecule has 10 heteroatoms. The van der Waals surface area contributed by atoms with Gasteiger partial charge in [-0.15, -0.1) is 11.3 Å². The average molecular weight is 453 g/mol. The summed E-state index contributed by atoms with van der Waals surface area (Å²) in [6.45, 7) is 14.1. The van der Waals surface area contributed by atoms with Gasteiger partial charge in [0.25, 0.3) is 5.54 Å². The van der Waals surface area contributed by atoms with Crippen LogP contribution in [0.5, 0.6) is 0 Å². The van der Waals surface area contributed by atoms with Crippen LogP contribution in [-0.4, -0.2) is 47.0 Å². The van der Waals surface area contributed by atoms with Crippen LogP contribution in [0.25, 0.3) is 16.1 Å². The Balaban J connectivity index is 1.96. The molecular weight excluding hydrogens is 431 g/mol. The number of nitrogens with zero attached hydrogens (tertiary/aromatic N) is 4. The molecule has 3 rings (SSSR count). The van der Waals surface area contributed by atoms with Crippen LogP contribution in [0, 0.1) is 12.5 Å². The lowest BCUT2D eigenvalue weighted by Gasteiger charge is -2.32. The molecule has 1 saturated heterocycles. The molecule has 0 aromatic carbocycles. The van der Waals surface area contributed by atoms with Crippen LogP contribution in [0.3, 0.4) is 0 Å². The molecule has 3 heterocycles. The molecule has 160 valence electrons. The van der Waals surface area contributed by atoms with Gasteiger partial charge in [0.2, 0.25) is 5.95 Å². The second-order valence-corrected chi connectivity index (χ2v) is 9.26. The van der Waals surface area contributed by atoms with E-state index in [4.69, 9.17) is 27.6 Å². The third-order valence-corrected chi connectivity index (χ3v) is 5.71. The van der Waals surface area contributed by atoms with Gasteiger partial charge in [-0.2, -0.15) is 4.39 Å². The lowest BCUT2D eigenvalue weighted by Crippen LogP contribution is -2.48. The summed E-state index contributed by atoms with van der Waals surface area (Å²) in [5.74, 6) is -0.679. The molecule has 1 aliphatic heterocycles. The van der Waals surface area contributed by atoms with E-state index >= 15 is 0 Å². The number of rotatable bonds is 4. The van der Waals surface area contributed by atoms with E-state index in [1.807, 2.05) is 0 Å². The minimum Gasteiger partial charge on any atom is -0.443 e. The predicted octanol–water partition coefficient (Wildman–Crippen LogP) is 5.21. The molecule has 30 heavy (non-hydrogen) atoms. The SMILES string of the molecule is [C-]#[N+]C1(CN(C(=O)OC(C)(C)C)c2nc(-c3cc(F)ncc3Cl)cs2)CCOCC1. The first-order valence-electron chi connectivity index (χ1n) is 9.36. The molecule has 7 nitrogen and oxygen atoms in total. The minimum atomic E-state index is -0.776.